The smallest absolute Gasteiger partial charge is 0.308 e. The van der Waals surface area contributed by atoms with Crippen molar-refractivity contribution < 1.29 is 19.4 Å². The largest absolute Gasteiger partial charge is 0.496 e. The molecule has 1 saturated carbocycles. The topological polar surface area (TPSA) is 112 Å². The van der Waals surface area contributed by atoms with Crippen molar-refractivity contribution in [3.8, 4) is 22.6 Å². The molecule has 38 heavy (non-hydrogen) atoms. The Hall–Kier alpha value is -4.59. The third kappa shape index (κ3) is 4.28. The summed E-state index contributed by atoms with van der Waals surface area (Å²) in [5, 5.41) is 17.4. The number of carboxylic acids is 1. The fourth-order valence-corrected chi connectivity index (χ4v) is 5.11. The summed E-state index contributed by atoms with van der Waals surface area (Å²) >= 11 is 0. The van der Waals surface area contributed by atoms with Gasteiger partial charge in [0.2, 0.25) is 0 Å². The number of hydrogen-bond donors (Lipinski definition) is 2. The first-order chi connectivity index (χ1) is 18.5. The summed E-state index contributed by atoms with van der Waals surface area (Å²) < 4.78 is 13.7. The molecule has 3 aromatic carbocycles. The van der Waals surface area contributed by atoms with Gasteiger partial charge in [0, 0.05) is 22.5 Å². The van der Waals surface area contributed by atoms with Gasteiger partial charge in [0.05, 0.1) is 25.1 Å². The first-order valence-corrected chi connectivity index (χ1v) is 12.7. The second kappa shape index (κ2) is 9.70. The Morgan fingerprint density at radius 2 is 1.82 bits per heavy atom. The van der Waals surface area contributed by atoms with Crippen LogP contribution in [0.3, 0.4) is 0 Å². The Morgan fingerprint density at radius 1 is 1.05 bits per heavy atom. The van der Waals surface area contributed by atoms with E-state index in [1.54, 1.807) is 24.4 Å². The number of hydrogen-bond acceptors (Lipinski definition) is 6. The predicted octanol–water partition coefficient (Wildman–Crippen LogP) is 5.77. The number of ether oxygens (including phenoxy) is 2. The molecule has 1 aliphatic rings. The van der Waals surface area contributed by atoms with Crippen LogP contribution in [-0.4, -0.2) is 33.0 Å². The van der Waals surface area contributed by atoms with Crippen molar-refractivity contribution in [2.24, 2.45) is 0 Å². The first kappa shape index (κ1) is 23.8. The summed E-state index contributed by atoms with van der Waals surface area (Å²) in [5.74, 6) is 0.525. The normalized spacial score (nSPS) is 13.5. The zero-order chi connectivity index (χ0) is 26.2. The number of fused-ring (bicyclic) bond motifs is 2. The average Bonchev–Trinajstić information content (AvgIpc) is 3.24. The van der Waals surface area contributed by atoms with E-state index in [1.807, 2.05) is 6.07 Å². The predicted molar refractivity (Wildman–Crippen MR) is 146 cm³/mol. The molecule has 8 nitrogen and oxygen atoms in total. The summed E-state index contributed by atoms with van der Waals surface area (Å²) in [7, 11) is 1.52. The highest BCUT2D eigenvalue weighted by Crippen LogP contribution is 2.37. The maximum atomic E-state index is 11.5. The Morgan fingerprint density at radius 3 is 2.55 bits per heavy atom. The highest BCUT2D eigenvalue weighted by Gasteiger charge is 2.24. The van der Waals surface area contributed by atoms with Crippen molar-refractivity contribution in [1.29, 1.82) is 0 Å². The van der Waals surface area contributed by atoms with Crippen molar-refractivity contribution in [1.82, 2.24) is 14.8 Å². The molecule has 2 aromatic heterocycles. The van der Waals surface area contributed by atoms with Gasteiger partial charge in [-0.15, -0.1) is 0 Å². The molecule has 0 amide bonds. The number of carbonyl (C=O) groups is 1. The maximum absolute atomic E-state index is 11.5. The average molecular weight is 509 g/mol. The van der Waals surface area contributed by atoms with E-state index in [2.05, 4.69) is 46.1 Å². The number of rotatable bonds is 8. The molecule has 6 rings (SSSR count). The van der Waals surface area contributed by atoms with Crippen molar-refractivity contribution >= 4 is 33.5 Å². The molecule has 0 atom stereocenters. The number of methoxy groups -OCH3 is 1. The first-order valence-electron chi connectivity index (χ1n) is 12.7. The number of carboxylic acid groups (broad SMARTS) is 1. The molecule has 0 radical (unpaired) electrons. The maximum Gasteiger partial charge on any atom is 0.308 e. The number of anilines is 1. The lowest BCUT2D eigenvalue weighted by Crippen LogP contribution is -2.18. The summed E-state index contributed by atoms with van der Waals surface area (Å²) in [5.41, 5.74) is 10.6. The van der Waals surface area contributed by atoms with E-state index in [1.165, 1.54) is 13.5 Å². The molecule has 5 aromatic rings. The number of aliphatic carboxylic acids is 1. The molecule has 1 aliphatic carbocycles. The van der Waals surface area contributed by atoms with Crippen LogP contribution < -0.4 is 15.2 Å². The van der Waals surface area contributed by atoms with Crippen LogP contribution in [0.4, 0.5) is 5.82 Å². The van der Waals surface area contributed by atoms with Crippen LogP contribution >= 0.6 is 0 Å². The van der Waals surface area contributed by atoms with Crippen LogP contribution in [0, 0.1) is 0 Å². The fourth-order valence-electron chi connectivity index (χ4n) is 5.11. The van der Waals surface area contributed by atoms with Crippen molar-refractivity contribution in [2.75, 3.05) is 12.8 Å². The summed E-state index contributed by atoms with van der Waals surface area (Å²) in [6.07, 6.45) is 4.93. The standard InChI is InChI=1S/C30H28N4O4/c1-37-27-6-3-7-28(24(27)16-29(35)36)38-17-25-23-15-20(10-11-26(23)34(33-25)21-4-2-5-21)19-9-8-18-12-13-32-30(31)22(18)14-19/h3,6-15,21H,2,4-5,16-17H2,1H3,(H2,31,32)(H,35,36). The van der Waals surface area contributed by atoms with Gasteiger partial charge in [-0.1, -0.05) is 24.3 Å². The minimum Gasteiger partial charge on any atom is -0.496 e. The third-order valence-corrected chi connectivity index (χ3v) is 7.34. The Kier molecular flexibility index (Phi) is 6.07. The van der Waals surface area contributed by atoms with Gasteiger partial charge >= 0.3 is 5.97 Å². The molecule has 192 valence electrons. The molecule has 0 spiro atoms. The van der Waals surface area contributed by atoms with Crippen LogP contribution in [0.2, 0.25) is 0 Å². The molecule has 0 bridgehead atoms. The van der Waals surface area contributed by atoms with Crippen LogP contribution in [0.5, 0.6) is 11.5 Å². The monoisotopic (exact) mass is 508 g/mol. The van der Waals surface area contributed by atoms with E-state index in [9.17, 15) is 9.90 Å². The van der Waals surface area contributed by atoms with Crippen molar-refractivity contribution in [2.45, 2.75) is 38.3 Å². The Bertz CT molecular complexity index is 1670. The molecule has 1 fully saturated rings. The van der Waals surface area contributed by atoms with Gasteiger partial charge in [0.1, 0.15) is 29.6 Å². The van der Waals surface area contributed by atoms with E-state index in [0.717, 1.165) is 51.3 Å². The summed E-state index contributed by atoms with van der Waals surface area (Å²) in [6, 6.07) is 20.2. The zero-order valence-corrected chi connectivity index (χ0v) is 21.1. The molecule has 3 N–H and O–H groups in total. The van der Waals surface area contributed by atoms with E-state index in [0.29, 0.717) is 28.9 Å². The highest BCUT2D eigenvalue weighted by molar-refractivity contribution is 5.95. The van der Waals surface area contributed by atoms with Crippen LogP contribution in [0.15, 0.2) is 66.9 Å². The molecule has 8 heteroatoms. The van der Waals surface area contributed by atoms with Gasteiger partial charge in [-0.25, -0.2) is 4.98 Å². The number of nitrogens with zero attached hydrogens (tertiary/aromatic N) is 3. The van der Waals surface area contributed by atoms with Crippen molar-refractivity contribution in [3.63, 3.8) is 0 Å². The van der Waals surface area contributed by atoms with Gasteiger partial charge in [-0.05, 0) is 72.2 Å². The third-order valence-electron chi connectivity index (χ3n) is 7.34. The molecular formula is C30H28N4O4. The summed E-state index contributed by atoms with van der Waals surface area (Å²) in [4.78, 5) is 15.7. The highest BCUT2D eigenvalue weighted by atomic mass is 16.5. The SMILES string of the molecule is COc1cccc(OCc2nn(C3CCC3)c3ccc(-c4ccc5ccnc(N)c5c4)cc23)c1CC(=O)O. The molecule has 2 heterocycles. The zero-order valence-electron chi connectivity index (χ0n) is 21.1. The van der Waals surface area contributed by atoms with E-state index < -0.39 is 5.97 Å². The number of nitrogen functional groups attached to an aromatic ring is 1. The van der Waals surface area contributed by atoms with Gasteiger partial charge in [-0.2, -0.15) is 5.10 Å². The minimum atomic E-state index is -0.949. The molecule has 0 unspecified atom stereocenters. The lowest BCUT2D eigenvalue weighted by Gasteiger charge is -2.26. The number of benzene rings is 3. The fraction of sp³-hybridized carbons (Fsp3) is 0.233. The second-order valence-electron chi connectivity index (χ2n) is 9.64. The lowest BCUT2D eigenvalue weighted by molar-refractivity contribution is -0.136. The van der Waals surface area contributed by atoms with E-state index in [-0.39, 0.29) is 13.0 Å². The molecular weight excluding hydrogens is 480 g/mol. The minimum absolute atomic E-state index is 0.194. The number of pyridine rings is 1. The second-order valence-corrected chi connectivity index (χ2v) is 9.64. The van der Waals surface area contributed by atoms with Crippen LogP contribution in [0.25, 0.3) is 32.8 Å². The van der Waals surface area contributed by atoms with Crippen LogP contribution in [0.1, 0.15) is 36.6 Å². The molecule has 0 aliphatic heterocycles. The Labute approximate surface area is 219 Å². The summed E-state index contributed by atoms with van der Waals surface area (Å²) in [6.45, 7) is 0.202. The van der Waals surface area contributed by atoms with E-state index >= 15 is 0 Å². The van der Waals surface area contributed by atoms with Gasteiger partial charge < -0.3 is 20.3 Å². The Balaban J connectivity index is 1.40. The lowest BCUT2D eigenvalue weighted by atomic mass is 9.93. The van der Waals surface area contributed by atoms with Crippen LogP contribution in [-0.2, 0) is 17.8 Å². The number of aromatic nitrogens is 3. The van der Waals surface area contributed by atoms with Gasteiger partial charge in [0.25, 0.3) is 0 Å². The quantitative estimate of drug-likeness (QED) is 0.273. The number of nitrogens with two attached hydrogens (primary N) is 1. The van der Waals surface area contributed by atoms with Crippen molar-refractivity contribution in [3.05, 3.63) is 78.1 Å². The van der Waals surface area contributed by atoms with E-state index in [4.69, 9.17) is 20.3 Å². The van der Waals surface area contributed by atoms with Gasteiger partial charge in [-0.3, -0.25) is 9.48 Å². The van der Waals surface area contributed by atoms with Gasteiger partial charge in [0.15, 0.2) is 0 Å². The molecule has 0 saturated heterocycles.